The zero-order chi connectivity index (χ0) is 22.9. The number of hydrogen-bond donors (Lipinski definition) is 0. The Morgan fingerprint density at radius 2 is 1.94 bits per heavy atom. The molecule has 0 bridgehead atoms. The van der Waals surface area contributed by atoms with E-state index in [-0.39, 0.29) is 22.8 Å². The van der Waals surface area contributed by atoms with Crippen LogP contribution in [-0.4, -0.2) is 36.4 Å². The predicted octanol–water partition coefficient (Wildman–Crippen LogP) is 4.45. The van der Waals surface area contributed by atoms with Crippen LogP contribution in [0, 0.1) is 0 Å². The number of methoxy groups -OCH3 is 1. The van der Waals surface area contributed by atoms with E-state index in [1.807, 2.05) is 0 Å². The van der Waals surface area contributed by atoms with Crippen molar-refractivity contribution in [2.75, 3.05) is 20.3 Å². The lowest BCUT2D eigenvalue weighted by molar-refractivity contribution is -0.137. The van der Waals surface area contributed by atoms with Crippen LogP contribution in [0.2, 0.25) is 0 Å². The fraction of sp³-hybridized carbons (Fsp3) is 0.286. The molecule has 0 N–H and O–H groups in total. The van der Waals surface area contributed by atoms with Crippen LogP contribution in [0.3, 0.4) is 0 Å². The van der Waals surface area contributed by atoms with E-state index in [2.05, 4.69) is 10.1 Å². The van der Waals surface area contributed by atoms with E-state index in [0.717, 1.165) is 12.1 Å². The Kier molecular flexibility index (Phi) is 5.64. The van der Waals surface area contributed by atoms with Gasteiger partial charge in [-0.05, 0) is 31.2 Å². The van der Waals surface area contributed by atoms with E-state index in [9.17, 15) is 18.0 Å². The van der Waals surface area contributed by atoms with Crippen LogP contribution >= 0.6 is 0 Å². The summed E-state index contributed by atoms with van der Waals surface area (Å²) in [6.45, 7) is 2.18. The Balaban J connectivity index is 1.51. The number of fused-ring (bicyclic) bond motifs is 1. The number of aromatic nitrogens is 2. The molecule has 1 aliphatic heterocycles. The van der Waals surface area contributed by atoms with Gasteiger partial charge in [-0.15, -0.1) is 0 Å². The van der Waals surface area contributed by atoms with Gasteiger partial charge >= 0.3 is 12.1 Å². The molecule has 1 aliphatic rings. The number of carbonyl (C=O) groups excluding carboxylic acids is 1. The lowest BCUT2D eigenvalue weighted by Gasteiger charge is -2.21. The molecule has 0 saturated carbocycles. The highest BCUT2D eigenvalue weighted by Crippen LogP contribution is 2.40. The molecule has 0 aliphatic carbocycles. The predicted molar refractivity (Wildman–Crippen MR) is 103 cm³/mol. The molecule has 1 aromatic heterocycles. The van der Waals surface area contributed by atoms with Gasteiger partial charge in [0, 0.05) is 5.56 Å². The molecule has 0 amide bonds. The fourth-order valence-corrected chi connectivity index (χ4v) is 3.02. The Hall–Kier alpha value is -3.76. The van der Waals surface area contributed by atoms with Gasteiger partial charge in [-0.3, -0.25) is 0 Å². The molecule has 11 heteroatoms. The number of carbonyl (C=O) groups is 1. The van der Waals surface area contributed by atoms with Crippen molar-refractivity contribution in [2.45, 2.75) is 19.2 Å². The monoisotopic (exact) mass is 450 g/mol. The first-order valence-corrected chi connectivity index (χ1v) is 9.46. The molecule has 4 rings (SSSR count). The highest BCUT2D eigenvalue weighted by Gasteiger charge is 2.31. The van der Waals surface area contributed by atoms with Crippen LogP contribution in [0.5, 0.6) is 17.2 Å². The molecule has 0 fully saturated rings. The Morgan fingerprint density at radius 1 is 1.16 bits per heavy atom. The standard InChI is InChI=1S/C21H17F3N2O6/c1-11(19-25-18(26-32-19)12-4-3-5-14(8-12)21(22,23)24)31-20(27)13-9-15(28-2)17-16(10-13)29-6-7-30-17/h3-5,8-11H,6-7H2,1-2H3. The maximum Gasteiger partial charge on any atom is 0.416 e. The van der Waals surface area contributed by atoms with Crippen LogP contribution < -0.4 is 14.2 Å². The smallest absolute Gasteiger partial charge is 0.416 e. The van der Waals surface area contributed by atoms with Crippen molar-refractivity contribution in [3.63, 3.8) is 0 Å². The minimum atomic E-state index is -4.50. The van der Waals surface area contributed by atoms with Crippen molar-refractivity contribution in [1.29, 1.82) is 0 Å². The number of ether oxygens (including phenoxy) is 4. The van der Waals surface area contributed by atoms with Crippen molar-refractivity contribution < 1.29 is 41.4 Å². The zero-order valence-corrected chi connectivity index (χ0v) is 16.9. The molecule has 0 saturated heterocycles. The van der Waals surface area contributed by atoms with Crippen LogP contribution in [-0.2, 0) is 10.9 Å². The van der Waals surface area contributed by atoms with Crippen LogP contribution in [0.15, 0.2) is 40.9 Å². The molecule has 32 heavy (non-hydrogen) atoms. The Bertz CT molecular complexity index is 1130. The van der Waals surface area contributed by atoms with Gasteiger partial charge in [0.15, 0.2) is 17.6 Å². The molecule has 8 nitrogen and oxygen atoms in total. The van der Waals surface area contributed by atoms with Gasteiger partial charge in [-0.1, -0.05) is 17.3 Å². The first-order valence-electron chi connectivity index (χ1n) is 9.46. The molecule has 0 spiro atoms. The van der Waals surface area contributed by atoms with E-state index in [1.165, 1.54) is 38.3 Å². The van der Waals surface area contributed by atoms with Gasteiger partial charge in [0.2, 0.25) is 11.6 Å². The summed E-state index contributed by atoms with van der Waals surface area (Å²) in [5.41, 5.74) is -0.575. The van der Waals surface area contributed by atoms with Crippen LogP contribution in [0.1, 0.15) is 34.8 Å². The maximum absolute atomic E-state index is 12.9. The molecule has 1 atom stereocenters. The molecule has 1 unspecified atom stereocenters. The first-order chi connectivity index (χ1) is 15.3. The highest BCUT2D eigenvalue weighted by atomic mass is 19.4. The summed E-state index contributed by atoms with van der Waals surface area (Å²) in [5, 5.41) is 3.69. The fourth-order valence-electron chi connectivity index (χ4n) is 3.02. The van der Waals surface area contributed by atoms with Gasteiger partial charge in [0.1, 0.15) is 13.2 Å². The molecule has 0 radical (unpaired) electrons. The Morgan fingerprint density at radius 3 is 2.69 bits per heavy atom. The average Bonchev–Trinajstić information content (AvgIpc) is 3.28. The minimum absolute atomic E-state index is 0.0602. The van der Waals surface area contributed by atoms with Gasteiger partial charge in [-0.2, -0.15) is 18.2 Å². The van der Waals surface area contributed by atoms with Crippen LogP contribution in [0.25, 0.3) is 11.4 Å². The SMILES string of the molecule is COc1cc(C(=O)OC(C)c2nc(-c3cccc(C(F)(F)F)c3)no2)cc2c1OCCO2. The van der Waals surface area contributed by atoms with E-state index in [1.54, 1.807) is 0 Å². The summed E-state index contributed by atoms with van der Waals surface area (Å²) in [4.78, 5) is 16.7. The maximum atomic E-state index is 12.9. The normalized spacial score (nSPS) is 14.0. The molecular weight excluding hydrogens is 433 g/mol. The van der Waals surface area contributed by atoms with Crippen molar-refractivity contribution in [3.05, 3.63) is 53.4 Å². The number of rotatable bonds is 5. The average molecular weight is 450 g/mol. The third kappa shape index (κ3) is 4.32. The molecule has 2 heterocycles. The topological polar surface area (TPSA) is 92.9 Å². The minimum Gasteiger partial charge on any atom is -0.493 e. The summed E-state index contributed by atoms with van der Waals surface area (Å²) in [7, 11) is 1.43. The second-order valence-corrected chi connectivity index (χ2v) is 6.79. The third-order valence-electron chi connectivity index (χ3n) is 4.59. The van der Waals surface area contributed by atoms with Crippen molar-refractivity contribution in [1.82, 2.24) is 10.1 Å². The number of hydrogen-bond acceptors (Lipinski definition) is 8. The van der Waals surface area contributed by atoms with Crippen molar-refractivity contribution in [3.8, 4) is 28.6 Å². The van der Waals surface area contributed by atoms with Gasteiger partial charge in [0.05, 0.1) is 18.2 Å². The van der Waals surface area contributed by atoms with Crippen molar-refractivity contribution >= 4 is 5.97 Å². The van der Waals surface area contributed by atoms with Gasteiger partial charge in [-0.25, -0.2) is 4.79 Å². The molecular formula is C21H17F3N2O6. The summed E-state index contributed by atoms with van der Waals surface area (Å²) in [6, 6.07) is 7.43. The van der Waals surface area contributed by atoms with E-state index in [0.29, 0.717) is 30.5 Å². The highest BCUT2D eigenvalue weighted by molar-refractivity contribution is 5.91. The largest absolute Gasteiger partial charge is 0.493 e. The number of esters is 1. The Labute approximate surface area is 179 Å². The molecule has 3 aromatic rings. The quantitative estimate of drug-likeness (QED) is 0.527. The summed E-state index contributed by atoms with van der Waals surface area (Å²) >= 11 is 0. The van der Waals surface area contributed by atoms with E-state index >= 15 is 0 Å². The summed E-state index contributed by atoms with van der Waals surface area (Å²) < 4.78 is 65.5. The molecule has 168 valence electrons. The van der Waals surface area contributed by atoms with Crippen LogP contribution in [0.4, 0.5) is 13.2 Å². The number of benzene rings is 2. The first kappa shape index (κ1) is 21.5. The number of halogens is 3. The lowest BCUT2D eigenvalue weighted by atomic mass is 10.1. The number of alkyl halides is 3. The number of nitrogens with zero attached hydrogens (tertiary/aromatic N) is 2. The van der Waals surface area contributed by atoms with Gasteiger partial charge < -0.3 is 23.5 Å². The van der Waals surface area contributed by atoms with E-state index in [4.69, 9.17) is 23.5 Å². The zero-order valence-electron chi connectivity index (χ0n) is 16.9. The van der Waals surface area contributed by atoms with Crippen molar-refractivity contribution in [2.24, 2.45) is 0 Å². The summed E-state index contributed by atoms with van der Waals surface area (Å²) in [5.74, 6) is 0.203. The lowest BCUT2D eigenvalue weighted by Crippen LogP contribution is -2.17. The van der Waals surface area contributed by atoms with E-state index < -0.39 is 23.8 Å². The third-order valence-corrected chi connectivity index (χ3v) is 4.59. The van der Waals surface area contributed by atoms with Gasteiger partial charge in [0.25, 0.3) is 5.89 Å². The second kappa shape index (κ2) is 8.40. The second-order valence-electron chi connectivity index (χ2n) is 6.79. The molecule has 2 aromatic carbocycles. The summed E-state index contributed by atoms with van der Waals surface area (Å²) in [6.07, 6.45) is -5.47.